The fraction of sp³-hybridized carbons (Fsp3) is 0.360. The lowest BCUT2D eigenvalue weighted by Crippen LogP contribution is -2.43. The SMILES string of the molecule is Cc1cccc2c1N(C(N)=O)C(=O)C(=Cc1cc(C(C)(C)C)c(O)c(C(C)(C)C)c1)S2. The Balaban J connectivity index is 2.22. The second kappa shape index (κ2) is 7.75. The number of benzene rings is 2. The van der Waals surface area contributed by atoms with E-state index >= 15 is 0 Å². The van der Waals surface area contributed by atoms with E-state index in [0.29, 0.717) is 10.6 Å². The molecule has 3 N–H and O–H groups in total. The Morgan fingerprint density at radius 1 is 1.06 bits per heavy atom. The van der Waals surface area contributed by atoms with Gasteiger partial charge in [0.05, 0.1) is 10.6 Å². The van der Waals surface area contributed by atoms with Crippen LogP contribution in [0.15, 0.2) is 40.1 Å². The normalized spacial score (nSPS) is 15.9. The second-order valence-electron chi connectivity index (χ2n) is 9.98. The van der Waals surface area contributed by atoms with Gasteiger partial charge in [0.2, 0.25) is 0 Å². The van der Waals surface area contributed by atoms with Crippen molar-refractivity contribution in [3.8, 4) is 5.75 Å². The number of nitrogens with zero attached hydrogens (tertiary/aromatic N) is 1. The summed E-state index contributed by atoms with van der Waals surface area (Å²) in [5.41, 5.74) is 8.77. The van der Waals surface area contributed by atoms with Gasteiger partial charge in [-0.1, -0.05) is 65.4 Å². The molecule has 3 amide bonds. The molecule has 2 aromatic rings. The summed E-state index contributed by atoms with van der Waals surface area (Å²) in [4.78, 5) is 27.6. The number of imide groups is 1. The van der Waals surface area contributed by atoms with E-state index in [9.17, 15) is 14.7 Å². The Labute approximate surface area is 188 Å². The maximum atomic E-state index is 13.2. The van der Waals surface area contributed by atoms with Crippen LogP contribution < -0.4 is 10.6 Å². The number of amides is 3. The number of aryl methyl sites for hydroxylation is 1. The van der Waals surface area contributed by atoms with Crippen molar-refractivity contribution in [2.45, 2.75) is 64.2 Å². The zero-order valence-electron chi connectivity index (χ0n) is 19.2. The topological polar surface area (TPSA) is 83.6 Å². The Kier molecular flexibility index (Phi) is 5.74. The quantitative estimate of drug-likeness (QED) is 0.547. The van der Waals surface area contributed by atoms with E-state index in [1.807, 2.05) is 78.8 Å². The first-order valence-corrected chi connectivity index (χ1v) is 11.0. The van der Waals surface area contributed by atoms with Crippen LogP contribution in [0.25, 0.3) is 6.08 Å². The predicted octanol–water partition coefficient (Wildman–Crippen LogP) is 5.85. The minimum absolute atomic E-state index is 0.282. The number of hydrogen-bond donors (Lipinski definition) is 2. The van der Waals surface area contributed by atoms with Crippen LogP contribution in [0.1, 0.15) is 63.8 Å². The molecule has 0 spiro atoms. The minimum Gasteiger partial charge on any atom is -0.507 e. The molecule has 0 aromatic heterocycles. The summed E-state index contributed by atoms with van der Waals surface area (Å²) >= 11 is 1.33. The number of phenolic OH excluding ortho intramolecular Hbond substituents is 1. The summed E-state index contributed by atoms with van der Waals surface area (Å²) in [5, 5.41) is 11.0. The molecule has 1 aliphatic heterocycles. The number of anilines is 1. The number of para-hydroxylation sites is 1. The van der Waals surface area contributed by atoms with Gasteiger partial charge in [-0.05, 0) is 53.2 Å². The molecule has 2 aromatic carbocycles. The van der Waals surface area contributed by atoms with Gasteiger partial charge in [-0.25, -0.2) is 9.69 Å². The highest BCUT2D eigenvalue weighted by atomic mass is 32.2. The van der Waals surface area contributed by atoms with Crippen LogP contribution in [0.4, 0.5) is 10.5 Å². The molecule has 0 bridgehead atoms. The number of primary amides is 1. The molecule has 0 atom stereocenters. The van der Waals surface area contributed by atoms with Crippen LogP contribution in [0, 0.1) is 6.92 Å². The summed E-state index contributed by atoms with van der Waals surface area (Å²) in [6, 6.07) is 8.63. The third-order valence-electron chi connectivity index (χ3n) is 5.32. The largest absolute Gasteiger partial charge is 0.507 e. The van der Waals surface area contributed by atoms with Crippen molar-refractivity contribution < 1.29 is 14.7 Å². The average molecular weight is 439 g/mol. The van der Waals surface area contributed by atoms with E-state index < -0.39 is 11.9 Å². The first kappa shape index (κ1) is 22.9. The predicted molar refractivity (Wildman–Crippen MR) is 128 cm³/mol. The number of aromatic hydroxyl groups is 1. The number of urea groups is 1. The summed E-state index contributed by atoms with van der Waals surface area (Å²) in [6.45, 7) is 14.1. The molecule has 1 heterocycles. The molecule has 1 aliphatic rings. The van der Waals surface area contributed by atoms with Gasteiger partial charge < -0.3 is 10.8 Å². The van der Waals surface area contributed by atoms with Crippen molar-refractivity contribution in [1.29, 1.82) is 0 Å². The van der Waals surface area contributed by atoms with Gasteiger partial charge in [0.25, 0.3) is 5.91 Å². The van der Waals surface area contributed by atoms with Crippen molar-refractivity contribution in [2.24, 2.45) is 5.73 Å². The summed E-state index contributed by atoms with van der Waals surface area (Å²) in [7, 11) is 0. The van der Waals surface area contributed by atoms with Gasteiger partial charge in [0.15, 0.2) is 0 Å². The van der Waals surface area contributed by atoms with Crippen molar-refractivity contribution in [3.63, 3.8) is 0 Å². The lowest BCUT2D eigenvalue weighted by Gasteiger charge is -2.29. The molecule has 31 heavy (non-hydrogen) atoms. The lowest BCUT2D eigenvalue weighted by molar-refractivity contribution is -0.113. The van der Waals surface area contributed by atoms with Crippen molar-refractivity contribution in [3.05, 3.63) is 57.5 Å². The van der Waals surface area contributed by atoms with Crippen LogP contribution in [0.3, 0.4) is 0 Å². The standard InChI is InChI=1S/C25H30N2O3S/c1-14-9-8-10-18-20(14)27(23(26)30)22(29)19(31-18)13-15-11-16(24(2,3)4)21(28)17(12-15)25(5,6)7/h8-13,28H,1-7H3,(H2,26,30). The second-order valence-corrected chi connectivity index (χ2v) is 11.1. The molecule has 3 rings (SSSR count). The molecule has 5 nitrogen and oxygen atoms in total. The van der Waals surface area contributed by atoms with Crippen molar-refractivity contribution in [2.75, 3.05) is 4.90 Å². The number of rotatable bonds is 1. The fourth-order valence-electron chi connectivity index (χ4n) is 3.71. The van der Waals surface area contributed by atoms with Gasteiger partial charge in [0.1, 0.15) is 5.75 Å². The third-order valence-corrected chi connectivity index (χ3v) is 6.39. The molecule has 0 aliphatic carbocycles. The summed E-state index contributed by atoms with van der Waals surface area (Å²) < 4.78 is 0. The monoisotopic (exact) mass is 438 g/mol. The Bertz CT molecular complexity index is 1070. The van der Waals surface area contributed by atoms with Gasteiger partial charge in [0, 0.05) is 16.0 Å². The van der Waals surface area contributed by atoms with Crippen LogP contribution in [0.5, 0.6) is 5.75 Å². The van der Waals surface area contributed by atoms with Crippen LogP contribution in [-0.2, 0) is 15.6 Å². The molecule has 0 radical (unpaired) electrons. The Morgan fingerprint density at radius 3 is 2.10 bits per heavy atom. The number of phenols is 1. The maximum absolute atomic E-state index is 13.2. The van der Waals surface area contributed by atoms with E-state index in [1.165, 1.54) is 11.8 Å². The average Bonchev–Trinajstić information content (AvgIpc) is 2.62. The number of hydrogen-bond acceptors (Lipinski definition) is 4. The molecular formula is C25H30N2O3S. The smallest absolute Gasteiger partial charge is 0.326 e. The van der Waals surface area contributed by atoms with E-state index in [0.717, 1.165) is 32.0 Å². The van der Waals surface area contributed by atoms with E-state index in [4.69, 9.17) is 5.73 Å². The highest BCUT2D eigenvalue weighted by Gasteiger charge is 2.34. The summed E-state index contributed by atoms with van der Waals surface area (Å²) in [5.74, 6) is -0.161. The Morgan fingerprint density at radius 2 is 1.61 bits per heavy atom. The maximum Gasteiger partial charge on any atom is 0.326 e. The van der Waals surface area contributed by atoms with E-state index in [1.54, 1.807) is 6.08 Å². The van der Waals surface area contributed by atoms with Gasteiger partial charge in [-0.3, -0.25) is 4.79 Å². The number of nitrogens with two attached hydrogens (primary N) is 1. The fourth-order valence-corrected chi connectivity index (χ4v) is 4.82. The third kappa shape index (κ3) is 4.35. The first-order chi connectivity index (χ1) is 14.2. The molecular weight excluding hydrogens is 408 g/mol. The van der Waals surface area contributed by atoms with E-state index in [2.05, 4.69) is 0 Å². The van der Waals surface area contributed by atoms with Crippen molar-refractivity contribution in [1.82, 2.24) is 0 Å². The molecule has 0 saturated carbocycles. The van der Waals surface area contributed by atoms with Gasteiger partial charge >= 0.3 is 6.03 Å². The number of thioether (sulfide) groups is 1. The van der Waals surface area contributed by atoms with Crippen LogP contribution in [0.2, 0.25) is 0 Å². The highest BCUT2D eigenvalue weighted by molar-refractivity contribution is 8.04. The zero-order chi connectivity index (χ0) is 23.3. The first-order valence-electron chi connectivity index (χ1n) is 10.2. The van der Waals surface area contributed by atoms with Crippen LogP contribution in [-0.4, -0.2) is 17.0 Å². The zero-order valence-corrected chi connectivity index (χ0v) is 20.0. The van der Waals surface area contributed by atoms with Crippen molar-refractivity contribution >= 4 is 35.5 Å². The van der Waals surface area contributed by atoms with E-state index in [-0.39, 0.29) is 16.6 Å². The minimum atomic E-state index is -0.803. The lowest BCUT2D eigenvalue weighted by atomic mass is 9.78. The number of fused-ring (bicyclic) bond motifs is 1. The summed E-state index contributed by atoms with van der Waals surface area (Å²) in [6.07, 6.45) is 1.78. The van der Waals surface area contributed by atoms with Gasteiger partial charge in [-0.2, -0.15) is 0 Å². The highest BCUT2D eigenvalue weighted by Crippen LogP contribution is 2.45. The van der Waals surface area contributed by atoms with Crippen LogP contribution >= 0.6 is 11.8 Å². The number of carbonyl (C=O) groups excluding carboxylic acids is 2. The molecule has 6 heteroatoms. The number of carbonyl (C=O) groups is 2. The Hall–Kier alpha value is -2.73. The molecule has 0 fully saturated rings. The molecule has 164 valence electrons. The molecule has 0 saturated heterocycles. The molecule has 0 unspecified atom stereocenters. The van der Waals surface area contributed by atoms with Gasteiger partial charge in [-0.15, -0.1) is 0 Å².